The van der Waals surface area contributed by atoms with Gasteiger partial charge in [0.1, 0.15) is 0 Å². The van der Waals surface area contributed by atoms with E-state index in [2.05, 4.69) is 53.5 Å². The van der Waals surface area contributed by atoms with Gasteiger partial charge in [0.15, 0.2) is 0 Å². The summed E-state index contributed by atoms with van der Waals surface area (Å²) in [6, 6.07) is 34.5. The summed E-state index contributed by atoms with van der Waals surface area (Å²) in [5.41, 5.74) is 7.41. The molecule has 1 atom stereocenters. The van der Waals surface area contributed by atoms with Crippen molar-refractivity contribution in [2.45, 2.75) is 12.5 Å². The number of nitrogens with zero attached hydrogens (tertiary/aromatic N) is 1. The molecule has 1 amide bonds. The fourth-order valence-electron chi connectivity index (χ4n) is 5.09. The molecule has 0 bridgehead atoms. The average molecular weight is 463 g/mol. The fourth-order valence-corrected chi connectivity index (χ4v) is 5.22. The molecule has 34 heavy (non-hydrogen) atoms. The van der Waals surface area contributed by atoms with Crippen LogP contribution in [0.15, 0.2) is 103 Å². The van der Waals surface area contributed by atoms with Crippen molar-refractivity contribution in [2.75, 3.05) is 6.54 Å². The van der Waals surface area contributed by atoms with Crippen molar-refractivity contribution in [3.63, 3.8) is 0 Å². The lowest BCUT2D eigenvalue weighted by Gasteiger charge is -2.27. The lowest BCUT2D eigenvalue weighted by atomic mass is 9.93. The first-order chi connectivity index (χ1) is 16.7. The molecule has 0 saturated heterocycles. The van der Waals surface area contributed by atoms with Crippen LogP contribution in [0.25, 0.3) is 22.2 Å². The van der Waals surface area contributed by atoms with E-state index in [0.717, 1.165) is 55.9 Å². The maximum absolute atomic E-state index is 13.7. The fraction of sp³-hybridized carbons (Fsp3) is 0.100. The molecule has 6 rings (SSSR count). The molecule has 1 aliphatic heterocycles. The number of nitrogens with one attached hydrogen (secondary N) is 1. The minimum absolute atomic E-state index is 0.0823. The number of hydrogen-bond donors (Lipinski definition) is 1. The summed E-state index contributed by atoms with van der Waals surface area (Å²) >= 11 is 6.08. The van der Waals surface area contributed by atoms with Gasteiger partial charge in [-0.05, 0) is 47.4 Å². The highest BCUT2D eigenvalue weighted by atomic mass is 35.5. The molecular formula is C30H23ClN2O. The number of aromatic amines is 1. The van der Waals surface area contributed by atoms with E-state index in [1.807, 2.05) is 59.5 Å². The van der Waals surface area contributed by atoms with Gasteiger partial charge in [0, 0.05) is 33.6 Å². The van der Waals surface area contributed by atoms with Crippen LogP contribution in [0, 0.1) is 0 Å². The predicted octanol–water partition coefficient (Wildman–Crippen LogP) is 7.28. The standard InChI is InChI=1S/C30H23ClN2O/c31-22-16-14-20(15-17-22)18-19-33-29(23-10-4-5-11-24(23)30(33)34)27-25-12-6-7-13-26(25)32-28(27)21-8-2-1-3-9-21/h1-17,29,32H,18-19H2/t29-/m1/s1. The highest BCUT2D eigenvalue weighted by Crippen LogP contribution is 2.45. The van der Waals surface area contributed by atoms with Crippen LogP contribution in [0.3, 0.4) is 0 Å². The largest absolute Gasteiger partial charge is 0.354 e. The molecule has 2 heterocycles. The lowest BCUT2D eigenvalue weighted by molar-refractivity contribution is 0.0753. The zero-order valence-electron chi connectivity index (χ0n) is 18.5. The number of hydrogen-bond acceptors (Lipinski definition) is 1. The van der Waals surface area contributed by atoms with Crippen LogP contribution in [0.1, 0.15) is 33.1 Å². The molecule has 1 N–H and O–H groups in total. The van der Waals surface area contributed by atoms with E-state index in [-0.39, 0.29) is 11.9 Å². The van der Waals surface area contributed by atoms with Gasteiger partial charge in [0.2, 0.25) is 0 Å². The first-order valence-corrected chi connectivity index (χ1v) is 11.9. The lowest BCUT2D eigenvalue weighted by Crippen LogP contribution is -2.31. The SMILES string of the molecule is O=C1c2ccccc2[C@H](c2c(-c3ccccc3)[nH]c3ccccc23)N1CCc1ccc(Cl)cc1. The minimum atomic E-state index is -0.164. The van der Waals surface area contributed by atoms with Gasteiger partial charge < -0.3 is 9.88 Å². The Labute approximate surface area is 203 Å². The maximum Gasteiger partial charge on any atom is 0.255 e. The minimum Gasteiger partial charge on any atom is -0.354 e. The van der Waals surface area contributed by atoms with Gasteiger partial charge in [-0.2, -0.15) is 0 Å². The van der Waals surface area contributed by atoms with E-state index in [9.17, 15) is 4.79 Å². The van der Waals surface area contributed by atoms with Gasteiger partial charge in [-0.15, -0.1) is 0 Å². The number of fused-ring (bicyclic) bond motifs is 2. The second-order valence-electron chi connectivity index (χ2n) is 8.69. The molecule has 5 aromatic rings. The number of para-hydroxylation sites is 1. The second-order valence-corrected chi connectivity index (χ2v) is 9.13. The summed E-state index contributed by atoms with van der Waals surface area (Å²) in [6.07, 6.45) is 0.760. The Kier molecular flexibility index (Phi) is 5.20. The van der Waals surface area contributed by atoms with Crippen molar-refractivity contribution in [3.8, 4) is 11.3 Å². The molecule has 4 aromatic carbocycles. The van der Waals surface area contributed by atoms with E-state index in [1.165, 1.54) is 0 Å². The van der Waals surface area contributed by atoms with Crippen molar-refractivity contribution in [1.29, 1.82) is 0 Å². The zero-order valence-corrected chi connectivity index (χ0v) is 19.3. The summed E-state index contributed by atoms with van der Waals surface area (Å²) in [4.78, 5) is 19.3. The van der Waals surface area contributed by atoms with E-state index >= 15 is 0 Å². The molecule has 0 saturated carbocycles. The van der Waals surface area contributed by atoms with Crippen LogP contribution in [0.4, 0.5) is 0 Å². The molecule has 0 radical (unpaired) electrons. The van der Waals surface area contributed by atoms with Crippen LogP contribution in [-0.2, 0) is 6.42 Å². The molecule has 0 spiro atoms. The number of carbonyl (C=O) groups is 1. The normalized spacial score (nSPS) is 15.1. The summed E-state index contributed by atoms with van der Waals surface area (Å²) in [6.45, 7) is 0.619. The Balaban J connectivity index is 1.51. The molecule has 4 heteroatoms. The summed E-state index contributed by atoms with van der Waals surface area (Å²) in [7, 11) is 0. The van der Waals surface area contributed by atoms with E-state index in [4.69, 9.17) is 11.6 Å². The third-order valence-electron chi connectivity index (χ3n) is 6.70. The molecule has 166 valence electrons. The third-order valence-corrected chi connectivity index (χ3v) is 6.95. The van der Waals surface area contributed by atoms with Crippen LogP contribution in [0.5, 0.6) is 0 Å². The number of amides is 1. The van der Waals surface area contributed by atoms with Crippen LogP contribution < -0.4 is 0 Å². The smallest absolute Gasteiger partial charge is 0.255 e. The molecule has 0 unspecified atom stereocenters. The second kappa shape index (κ2) is 8.51. The van der Waals surface area contributed by atoms with Gasteiger partial charge in [-0.1, -0.05) is 90.5 Å². The van der Waals surface area contributed by atoms with Crippen molar-refractivity contribution >= 4 is 28.4 Å². The number of carbonyl (C=O) groups excluding carboxylic acids is 1. The van der Waals surface area contributed by atoms with Gasteiger partial charge in [0.25, 0.3) is 5.91 Å². The Morgan fingerprint density at radius 1 is 0.794 bits per heavy atom. The van der Waals surface area contributed by atoms with Crippen LogP contribution in [0.2, 0.25) is 5.02 Å². The number of halogens is 1. The Hall–Kier alpha value is -3.82. The monoisotopic (exact) mass is 462 g/mol. The van der Waals surface area contributed by atoms with Crippen LogP contribution in [-0.4, -0.2) is 22.3 Å². The zero-order chi connectivity index (χ0) is 23.1. The highest BCUT2D eigenvalue weighted by Gasteiger charge is 2.39. The third kappa shape index (κ3) is 3.49. The van der Waals surface area contributed by atoms with Gasteiger partial charge in [0.05, 0.1) is 11.7 Å². The summed E-state index contributed by atoms with van der Waals surface area (Å²) in [5.74, 6) is 0.0823. The van der Waals surface area contributed by atoms with Crippen molar-refractivity contribution in [1.82, 2.24) is 9.88 Å². The van der Waals surface area contributed by atoms with Gasteiger partial charge in [-0.3, -0.25) is 4.79 Å². The molecule has 1 aliphatic rings. The molecule has 1 aromatic heterocycles. The number of benzene rings is 4. The average Bonchev–Trinajstić information content (AvgIpc) is 3.39. The number of rotatable bonds is 5. The first kappa shape index (κ1) is 20.8. The maximum atomic E-state index is 13.7. The van der Waals surface area contributed by atoms with Gasteiger partial charge in [-0.25, -0.2) is 0 Å². The Bertz CT molecular complexity index is 1490. The molecule has 3 nitrogen and oxygen atoms in total. The van der Waals surface area contributed by atoms with Crippen molar-refractivity contribution < 1.29 is 4.79 Å². The first-order valence-electron chi connectivity index (χ1n) is 11.5. The van der Waals surface area contributed by atoms with Crippen molar-refractivity contribution in [3.05, 3.63) is 130 Å². The summed E-state index contributed by atoms with van der Waals surface area (Å²) < 4.78 is 0. The molecule has 0 fully saturated rings. The Morgan fingerprint density at radius 3 is 2.32 bits per heavy atom. The quantitative estimate of drug-likeness (QED) is 0.293. The highest BCUT2D eigenvalue weighted by molar-refractivity contribution is 6.30. The van der Waals surface area contributed by atoms with Gasteiger partial charge >= 0.3 is 0 Å². The summed E-state index contributed by atoms with van der Waals surface area (Å²) in [5, 5.41) is 1.87. The number of aromatic nitrogens is 1. The molecule has 0 aliphatic carbocycles. The van der Waals surface area contributed by atoms with E-state index in [0.29, 0.717) is 6.54 Å². The van der Waals surface area contributed by atoms with Crippen molar-refractivity contribution in [2.24, 2.45) is 0 Å². The molecular weight excluding hydrogens is 440 g/mol. The van der Waals surface area contributed by atoms with Crippen LogP contribution >= 0.6 is 11.6 Å². The Morgan fingerprint density at radius 2 is 1.50 bits per heavy atom. The predicted molar refractivity (Wildman–Crippen MR) is 138 cm³/mol. The van der Waals surface area contributed by atoms with E-state index in [1.54, 1.807) is 0 Å². The topological polar surface area (TPSA) is 36.1 Å². The van der Waals surface area contributed by atoms with E-state index < -0.39 is 0 Å². The number of H-pyrrole nitrogens is 1.